The van der Waals surface area contributed by atoms with Crippen LogP contribution in [0.5, 0.6) is 0 Å². The van der Waals surface area contributed by atoms with Crippen molar-refractivity contribution in [3.05, 3.63) is 35.9 Å². The summed E-state index contributed by atoms with van der Waals surface area (Å²) in [7, 11) is 0. The second-order valence-corrected chi connectivity index (χ2v) is 16.8. The molecule has 0 spiro atoms. The zero-order valence-electron chi connectivity index (χ0n) is 28.2. The van der Waals surface area contributed by atoms with Crippen LogP contribution in [-0.4, -0.2) is 29.0 Å². The van der Waals surface area contributed by atoms with Crippen molar-refractivity contribution >= 4 is 17.7 Å². The molecule has 0 radical (unpaired) electrons. The smallest absolute Gasteiger partial charge is 0.312 e. The zero-order valence-corrected chi connectivity index (χ0v) is 28.2. The highest BCUT2D eigenvalue weighted by Gasteiger charge is 2.72. The van der Waals surface area contributed by atoms with Crippen LogP contribution in [0.2, 0.25) is 0 Å². The van der Waals surface area contributed by atoms with E-state index in [0.29, 0.717) is 24.4 Å². The average Bonchev–Trinajstić information content (AvgIpc) is 3.39. The maximum Gasteiger partial charge on any atom is 0.312 e. The molecule has 242 valence electrons. The number of hydrogen-bond acceptors (Lipinski definition) is 6. The van der Waals surface area contributed by atoms with E-state index in [4.69, 9.17) is 9.47 Å². The molecule has 6 nitrogen and oxygen atoms in total. The first-order valence-electron chi connectivity index (χ1n) is 17.3. The molecule has 0 bridgehead atoms. The van der Waals surface area contributed by atoms with E-state index < -0.39 is 5.41 Å². The van der Waals surface area contributed by atoms with Gasteiger partial charge >= 0.3 is 11.9 Å². The van der Waals surface area contributed by atoms with Gasteiger partial charge in [0.1, 0.15) is 12.7 Å². The Morgan fingerprint density at radius 3 is 2.25 bits per heavy atom. The quantitative estimate of drug-likeness (QED) is 0.157. The maximum atomic E-state index is 14.2. The van der Waals surface area contributed by atoms with Gasteiger partial charge in [-0.15, -0.1) is 0 Å². The minimum atomic E-state index is -0.524. The predicted octanol–water partition coefficient (Wildman–Crippen LogP) is 8.59. The fraction of sp³-hybridized carbons (Fsp3) is 0.763. The van der Waals surface area contributed by atoms with E-state index in [0.717, 1.165) is 75.5 Å². The van der Waals surface area contributed by atoms with Gasteiger partial charge in [-0.25, -0.2) is 0 Å². The number of ether oxygens (including phenoxy) is 2. The number of fused-ring (bicyclic) bond motifs is 7. The lowest BCUT2D eigenvalue weighted by Crippen LogP contribution is -2.67. The molecule has 5 aliphatic rings. The van der Waals surface area contributed by atoms with Crippen LogP contribution in [0.15, 0.2) is 35.5 Å². The van der Waals surface area contributed by atoms with Crippen LogP contribution >= 0.6 is 0 Å². The van der Waals surface area contributed by atoms with Gasteiger partial charge in [-0.05, 0) is 117 Å². The molecule has 1 N–H and O–H groups in total. The second-order valence-electron chi connectivity index (χ2n) is 16.8. The van der Waals surface area contributed by atoms with Gasteiger partial charge in [-0.1, -0.05) is 70.1 Å². The Morgan fingerprint density at radius 2 is 1.57 bits per heavy atom. The van der Waals surface area contributed by atoms with Gasteiger partial charge < -0.3 is 14.7 Å². The molecule has 5 saturated carbocycles. The molecule has 0 amide bonds. The number of carbonyl (C=O) groups excluding carboxylic acids is 2. The van der Waals surface area contributed by atoms with Crippen LogP contribution in [0.25, 0.3) is 0 Å². The molecule has 1 aromatic rings. The van der Waals surface area contributed by atoms with E-state index in [9.17, 15) is 14.8 Å². The largest absolute Gasteiger partial charge is 0.462 e. The SMILES string of the molecule is CC(=O)O[C@H]1CC[C@]2(C)[C@H]3CC[C@@H]4[C@H]5[C@H](/C(C)=N\O)CC[C@]5(C(=O)OCc5ccccc5)CC[C@@]4(C)[C@]3(C)CC[C@H]2C1(C)C. The number of rotatable bonds is 5. The first-order chi connectivity index (χ1) is 20.7. The van der Waals surface area contributed by atoms with Crippen LogP contribution < -0.4 is 0 Å². The fourth-order valence-corrected chi connectivity index (χ4v) is 12.7. The lowest BCUT2D eigenvalue weighted by atomic mass is 9.32. The standard InChI is InChI=1S/C38H55NO5/c1-24(39-42)27-15-20-38(33(41)43-23-26-11-9-8-10-12-26)22-21-36(6)28(32(27)38)13-14-30-35(5)18-17-31(44-25(2)40)34(3,4)29(35)16-19-37(30,36)7/h8-12,27-32,42H,13-23H2,1-7H3/b39-24-/t27-,28+,29-,30+,31-,32+,35-,36+,37+,38-/m0/s1. The number of carbonyl (C=O) groups is 2. The Hall–Kier alpha value is -2.37. The molecule has 1 aromatic carbocycles. The highest BCUT2D eigenvalue weighted by Crippen LogP contribution is 2.77. The minimum absolute atomic E-state index is 0.0217. The van der Waals surface area contributed by atoms with E-state index in [1.807, 2.05) is 37.3 Å². The highest BCUT2D eigenvalue weighted by molar-refractivity contribution is 5.87. The van der Waals surface area contributed by atoms with Crippen LogP contribution in [0, 0.1) is 56.7 Å². The molecule has 6 rings (SSSR count). The van der Waals surface area contributed by atoms with Crippen molar-refractivity contribution in [1.29, 1.82) is 0 Å². The summed E-state index contributed by atoms with van der Waals surface area (Å²) in [5.74, 6) is 1.47. The van der Waals surface area contributed by atoms with E-state index in [1.165, 1.54) is 0 Å². The molecule has 0 saturated heterocycles. The van der Waals surface area contributed by atoms with E-state index in [1.54, 1.807) is 6.92 Å². The summed E-state index contributed by atoms with van der Waals surface area (Å²) in [5.41, 5.74) is 1.60. The van der Waals surface area contributed by atoms with Crippen LogP contribution in [0.1, 0.15) is 118 Å². The third-order valence-electron chi connectivity index (χ3n) is 15.0. The van der Waals surface area contributed by atoms with E-state index >= 15 is 0 Å². The van der Waals surface area contributed by atoms with E-state index in [-0.39, 0.29) is 51.5 Å². The van der Waals surface area contributed by atoms with Crippen molar-refractivity contribution in [1.82, 2.24) is 0 Å². The van der Waals surface area contributed by atoms with Gasteiger partial charge in [0, 0.05) is 18.3 Å². The van der Waals surface area contributed by atoms with Gasteiger partial charge in [-0.2, -0.15) is 0 Å². The topological polar surface area (TPSA) is 85.2 Å². The van der Waals surface area contributed by atoms with Crippen molar-refractivity contribution in [2.24, 2.45) is 61.8 Å². The fourth-order valence-electron chi connectivity index (χ4n) is 12.7. The molecule has 44 heavy (non-hydrogen) atoms. The Bertz CT molecular complexity index is 1310. The monoisotopic (exact) mass is 605 g/mol. The highest BCUT2D eigenvalue weighted by atomic mass is 16.5. The Labute approximate surface area is 264 Å². The maximum absolute atomic E-state index is 14.2. The predicted molar refractivity (Wildman–Crippen MR) is 171 cm³/mol. The number of nitrogens with zero attached hydrogens (tertiary/aromatic N) is 1. The summed E-state index contributed by atoms with van der Waals surface area (Å²) < 4.78 is 12.1. The molecular weight excluding hydrogens is 550 g/mol. The number of benzene rings is 1. The van der Waals surface area contributed by atoms with Crippen molar-refractivity contribution in [3.8, 4) is 0 Å². The van der Waals surface area contributed by atoms with Gasteiger partial charge in [0.2, 0.25) is 0 Å². The first-order valence-corrected chi connectivity index (χ1v) is 17.3. The van der Waals surface area contributed by atoms with Gasteiger partial charge in [0.15, 0.2) is 0 Å². The molecule has 6 heteroatoms. The summed E-state index contributed by atoms with van der Waals surface area (Å²) in [6.07, 6.45) is 10.1. The molecule has 5 fully saturated rings. The molecule has 0 aliphatic heterocycles. The molecule has 0 aromatic heterocycles. The summed E-state index contributed by atoms with van der Waals surface area (Å²) in [6, 6.07) is 9.99. The van der Waals surface area contributed by atoms with Crippen LogP contribution in [-0.2, 0) is 25.7 Å². The normalized spacial score (nSPS) is 44.4. The molecule has 0 unspecified atom stereocenters. The summed E-state index contributed by atoms with van der Waals surface area (Å²) >= 11 is 0. The van der Waals surface area contributed by atoms with Gasteiger partial charge in [0.25, 0.3) is 0 Å². The zero-order chi connectivity index (χ0) is 31.7. The molecule has 0 heterocycles. The van der Waals surface area contributed by atoms with Crippen molar-refractivity contribution < 1.29 is 24.3 Å². The number of hydrogen-bond donors (Lipinski definition) is 1. The van der Waals surface area contributed by atoms with Crippen molar-refractivity contribution in [3.63, 3.8) is 0 Å². The Balaban J connectivity index is 1.33. The third-order valence-corrected chi connectivity index (χ3v) is 15.0. The number of oxime groups is 1. The number of esters is 2. The first kappa shape index (κ1) is 31.6. The van der Waals surface area contributed by atoms with E-state index in [2.05, 4.69) is 39.8 Å². The lowest BCUT2D eigenvalue weighted by molar-refractivity contribution is -0.250. The second kappa shape index (κ2) is 10.9. The van der Waals surface area contributed by atoms with Crippen LogP contribution in [0.4, 0.5) is 0 Å². The van der Waals surface area contributed by atoms with Crippen molar-refractivity contribution in [2.45, 2.75) is 125 Å². The van der Waals surface area contributed by atoms with Crippen LogP contribution in [0.3, 0.4) is 0 Å². The van der Waals surface area contributed by atoms with Gasteiger partial charge in [0.05, 0.1) is 11.1 Å². The summed E-state index contributed by atoms with van der Waals surface area (Å²) in [6.45, 7) is 16.2. The Kier molecular flexibility index (Phi) is 7.81. The minimum Gasteiger partial charge on any atom is -0.462 e. The summed E-state index contributed by atoms with van der Waals surface area (Å²) in [5, 5.41) is 13.7. The average molecular weight is 606 g/mol. The van der Waals surface area contributed by atoms with Gasteiger partial charge in [-0.3, -0.25) is 9.59 Å². The third kappa shape index (κ3) is 4.42. The van der Waals surface area contributed by atoms with Crippen molar-refractivity contribution in [2.75, 3.05) is 0 Å². The molecule has 5 aliphatic carbocycles. The molecular formula is C38H55NO5. The molecule has 10 atom stereocenters. The lowest BCUT2D eigenvalue weighted by Gasteiger charge is -2.72. The summed E-state index contributed by atoms with van der Waals surface area (Å²) in [4.78, 5) is 26.2. The Morgan fingerprint density at radius 1 is 0.841 bits per heavy atom.